The molecule has 202 valence electrons. The van der Waals surface area contributed by atoms with Crippen molar-refractivity contribution in [3.8, 4) is 11.1 Å². The lowest BCUT2D eigenvalue weighted by Crippen LogP contribution is -2.21. The Labute approximate surface area is 241 Å². The van der Waals surface area contributed by atoms with Gasteiger partial charge in [0.05, 0.1) is 16.0 Å². The van der Waals surface area contributed by atoms with Gasteiger partial charge in [-0.1, -0.05) is 30.3 Å². The first-order valence-corrected chi connectivity index (χ1v) is 15.3. The Balaban J connectivity index is 1.38. The predicted octanol–water partition coefficient (Wildman–Crippen LogP) is 6.01. The quantitative estimate of drug-likeness (QED) is 0.202. The number of carbonyl (C=O) groups is 3. The van der Waals surface area contributed by atoms with Crippen LogP contribution in [0.5, 0.6) is 0 Å². The second-order valence-electron chi connectivity index (χ2n) is 7.81. The van der Waals surface area contributed by atoms with Gasteiger partial charge in [0.25, 0.3) is 15.9 Å². The van der Waals surface area contributed by atoms with Crippen molar-refractivity contribution < 1.29 is 32.3 Å². The maximum absolute atomic E-state index is 12.7. The molecule has 39 heavy (non-hydrogen) atoms. The van der Waals surface area contributed by atoms with Gasteiger partial charge >= 0.3 is 11.9 Å². The normalized spacial score (nSPS) is 11.0. The largest absolute Gasteiger partial charge is 0.462 e. The second-order valence-corrected chi connectivity index (χ2v) is 13.1. The van der Waals surface area contributed by atoms with Crippen LogP contribution in [0.4, 0.5) is 10.7 Å². The lowest BCUT2D eigenvalue weighted by molar-refractivity contribution is -0.119. The van der Waals surface area contributed by atoms with Crippen LogP contribution in [0.15, 0.2) is 80.1 Å². The molecular formula is C26H21BrN2O7S3. The monoisotopic (exact) mass is 648 g/mol. The molecule has 0 aliphatic carbocycles. The molecule has 2 heterocycles. The van der Waals surface area contributed by atoms with Crippen molar-refractivity contribution in [1.29, 1.82) is 0 Å². The SMILES string of the molecule is CCOC(=O)c1c(-c2ccccc2)csc1NC(=O)COC(=O)c1ccc(NS(=O)(=O)c2ccc(Br)s2)cc1. The number of rotatable bonds is 10. The fraction of sp³-hybridized carbons (Fsp3) is 0.115. The third-order valence-corrected chi connectivity index (χ3v) is 9.52. The van der Waals surface area contributed by atoms with Crippen LogP contribution in [0.2, 0.25) is 0 Å². The van der Waals surface area contributed by atoms with E-state index in [9.17, 15) is 22.8 Å². The number of esters is 2. The summed E-state index contributed by atoms with van der Waals surface area (Å²) in [6.45, 7) is 1.26. The van der Waals surface area contributed by atoms with Crippen molar-refractivity contribution in [1.82, 2.24) is 0 Å². The second kappa shape index (κ2) is 12.6. The van der Waals surface area contributed by atoms with Crippen molar-refractivity contribution in [2.45, 2.75) is 11.1 Å². The van der Waals surface area contributed by atoms with E-state index in [0.29, 0.717) is 9.35 Å². The van der Waals surface area contributed by atoms with E-state index >= 15 is 0 Å². The van der Waals surface area contributed by atoms with Gasteiger partial charge in [0.2, 0.25) is 0 Å². The zero-order chi connectivity index (χ0) is 28.0. The molecule has 4 aromatic rings. The zero-order valence-corrected chi connectivity index (χ0v) is 24.3. The first-order chi connectivity index (χ1) is 18.7. The van der Waals surface area contributed by atoms with E-state index in [1.54, 1.807) is 18.4 Å². The van der Waals surface area contributed by atoms with Crippen LogP contribution in [0.3, 0.4) is 0 Å². The molecule has 0 unspecified atom stereocenters. The Bertz CT molecular complexity index is 1600. The summed E-state index contributed by atoms with van der Waals surface area (Å²) >= 11 is 5.46. The van der Waals surface area contributed by atoms with Gasteiger partial charge in [-0.2, -0.15) is 0 Å². The highest BCUT2D eigenvalue weighted by molar-refractivity contribution is 9.11. The molecule has 2 aromatic heterocycles. The number of hydrogen-bond donors (Lipinski definition) is 2. The van der Waals surface area contributed by atoms with Crippen molar-refractivity contribution in [3.63, 3.8) is 0 Å². The molecule has 0 saturated heterocycles. The summed E-state index contributed by atoms with van der Waals surface area (Å²) in [5.41, 5.74) is 2.01. The minimum atomic E-state index is -3.77. The van der Waals surface area contributed by atoms with Gasteiger partial charge in [0.15, 0.2) is 6.61 Å². The summed E-state index contributed by atoms with van der Waals surface area (Å²) in [6, 6.07) is 17.9. The number of hydrogen-bond acceptors (Lipinski definition) is 9. The Morgan fingerprint density at radius 3 is 2.28 bits per heavy atom. The highest BCUT2D eigenvalue weighted by atomic mass is 79.9. The van der Waals surface area contributed by atoms with Crippen LogP contribution in [0, 0.1) is 0 Å². The standard InChI is InChI=1S/C26H21BrN2O7S3/c1-2-35-26(32)23-19(16-6-4-3-5-7-16)15-37-24(23)28-21(30)14-36-25(31)17-8-10-18(11-9-17)29-39(33,34)22-13-12-20(27)38-22/h3-13,15,29H,2,14H2,1H3,(H,28,30). The van der Waals surface area contributed by atoms with Gasteiger partial charge in [-0.25, -0.2) is 18.0 Å². The number of sulfonamides is 1. The van der Waals surface area contributed by atoms with Crippen molar-refractivity contribution in [3.05, 3.63) is 87.0 Å². The number of thiophene rings is 2. The molecule has 2 N–H and O–H groups in total. The van der Waals surface area contributed by atoms with Crippen LogP contribution >= 0.6 is 38.6 Å². The van der Waals surface area contributed by atoms with E-state index in [-0.39, 0.29) is 32.6 Å². The molecule has 0 aliphatic heterocycles. The number of carbonyl (C=O) groups excluding carboxylic acids is 3. The Kier molecular flexibility index (Phi) is 9.17. The van der Waals surface area contributed by atoms with Crippen LogP contribution in [0.1, 0.15) is 27.6 Å². The smallest absolute Gasteiger partial charge is 0.341 e. The molecule has 0 fully saturated rings. The van der Waals surface area contributed by atoms with E-state index in [1.165, 1.54) is 30.3 Å². The van der Waals surface area contributed by atoms with E-state index in [1.807, 2.05) is 30.3 Å². The third-order valence-electron chi connectivity index (χ3n) is 5.13. The third kappa shape index (κ3) is 7.12. The van der Waals surface area contributed by atoms with E-state index in [0.717, 1.165) is 28.2 Å². The van der Waals surface area contributed by atoms with Gasteiger partial charge in [-0.05, 0) is 64.8 Å². The number of amides is 1. The lowest BCUT2D eigenvalue weighted by atomic mass is 10.0. The molecule has 0 saturated carbocycles. The molecule has 4 rings (SSSR count). The first kappa shape index (κ1) is 28.5. The molecule has 0 bridgehead atoms. The average Bonchev–Trinajstić information content (AvgIpc) is 3.55. The molecule has 0 radical (unpaired) electrons. The van der Waals surface area contributed by atoms with Gasteiger partial charge in [0.1, 0.15) is 14.8 Å². The number of benzene rings is 2. The Hall–Kier alpha value is -3.52. The summed E-state index contributed by atoms with van der Waals surface area (Å²) in [7, 11) is -3.77. The van der Waals surface area contributed by atoms with Crippen LogP contribution in [-0.4, -0.2) is 39.5 Å². The topological polar surface area (TPSA) is 128 Å². The number of nitrogens with one attached hydrogen (secondary N) is 2. The van der Waals surface area contributed by atoms with Gasteiger partial charge < -0.3 is 14.8 Å². The molecule has 0 aliphatic rings. The number of halogens is 1. The predicted molar refractivity (Wildman–Crippen MR) is 154 cm³/mol. The molecule has 1 amide bonds. The Morgan fingerprint density at radius 2 is 1.64 bits per heavy atom. The zero-order valence-electron chi connectivity index (χ0n) is 20.3. The molecule has 0 spiro atoms. The molecule has 0 atom stereocenters. The van der Waals surface area contributed by atoms with Crippen molar-refractivity contribution in [2.24, 2.45) is 0 Å². The number of anilines is 2. The highest BCUT2D eigenvalue weighted by Gasteiger charge is 2.23. The maximum atomic E-state index is 12.7. The maximum Gasteiger partial charge on any atom is 0.341 e. The van der Waals surface area contributed by atoms with Crippen LogP contribution in [0.25, 0.3) is 11.1 Å². The highest BCUT2D eigenvalue weighted by Crippen LogP contribution is 2.36. The molecule has 13 heteroatoms. The van der Waals surface area contributed by atoms with Gasteiger partial charge in [-0.15, -0.1) is 22.7 Å². The van der Waals surface area contributed by atoms with Crippen molar-refractivity contribution >= 4 is 77.2 Å². The molecular weight excluding hydrogens is 628 g/mol. The fourth-order valence-electron chi connectivity index (χ4n) is 3.39. The van der Waals surface area contributed by atoms with E-state index in [2.05, 4.69) is 26.0 Å². The molecule has 9 nitrogen and oxygen atoms in total. The minimum absolute atomic E-state index is 0.124. The lowest BCUT2D eigenvalue weighted by Gasteiger charge is -2.10. The average molecular weight is 650 g/mol. The Morgan fingerprint density at radius 1 is 0.923 bits per heavy atom. The number of ether oxygens (including phenoxy) is 2. The fourth-order valence-corrected chi connectivity index (χ4v) is 7.43. The summed E-state index contributed by atoms with van der Waals surface area (Å²) in [6.07, 6.45) is 0. The van der Waals surface area contributed by atoms with E-state index in [4.69, 9.17) is 9.47 Å². The van der Waals surface area contributed by atoms with Gasteiger partial charge in [-0.3, -0.25) is 9.52 Å². The first-order valence-electron chi connectivity index (χ1n) is 11.4. The van der Waals surface area contributed by atoms with E-state index < -0.39 is 34.5 Å². The summed E-state index contributed by atoms with van der Waals surface area (Å²) in [5.74, 6) is -1.99. The van der Waals surface area contributed by atoms with Crippen LogP contribution < -0.4 is 10.0 Å². The van der Waals surface area contributed by atoms with Crippen molar-refractivity contribution in [2.75, 3.05) is 23.3 Å². The van der Waals surface area contributed by atoms with Crippen LogP contribution in [-0.2, 0) is 24.3 Å². The summed E-state index contributed by atoms with van der Waals surface area (Å²) in [4.78, 5) is 37.7. The minimum Gasteiger partial charge on any atom is -0.462 e. The summed E-state index contributed by atoms with van der Waals surface area (Å²) < 4.78 is 38.5. The van der Waals surface area contributed by atoms with Gasteiger partial charge in [0, 0.05) is 16.6 Å². The molecule has 2 aromatic carbocycles. The summed E-state index contributed by atoms with van der Waals surface area (Å²) in [5, 5.41) is 4.65.